The summed E-state index contributed by atoms with van der Waals surface area (Å²) in [6.45, 7) is 6.85. The second-order valence-corrected chi connectivity index (χ2v) is 7.82. The molecule has 0 aliphatic heterocycles. The van der Waals surface area contributed by atoms with Crippen molar-refractivity contribution in [3.05, 3.63) is 53.4 Å². The molecule has 0 aliphatic carbocycles. The number of ketones is 1. The first-order valence-electron chi connectivity index (χ1n) is 9.97. The first kappa shape index (κ1) is 24.2. The smallest absolute Gasteiger partial charge is 0.309 e. The van der Waals surface area contributed by atoms with E-state index in [4.69, 9.17) is 9.47 Å². The summed E-state index contributed by atoms with van der Waals surface area (Å²) in [5.41, 5.74) is 0.0615. The van der Waals surface area contributed by atoms with Crippen LogP contribution in [-0.4, -0.2) is 35.1 Å². The van der Waals surface area contributed by atoms with Crippen LogP contribution in [-0.2, 0) is 9.53 Å². The summed E-state index contributed by atoms with van der Waals surface area (Å²) in [4.78, 5) is 29.0. The molecule has 1 N–H and O–H groups in total. The summed E-state index contributed by atoms with van der Waals surface area (Å²) in [6, 6.07) is 4.72. The molecule has 0 bridgehead atoms. The Hall–Kier alpha value is -3.03. The highest BCUT2D eigenvalue weighted by atomic mass is 19.1. The average Bonchev–Trinajstić information content (AvgIpc) is 2.69. The molecule has 0 fully saturated rings. The Morgan fingerprint density at radius 1 is 1.13 bits per heavy atom. The molecule has 1 aromatic heterocycles. The second-order valence-electron chi connectivity index (χ2n) is 7.82. The number of pyridine rings is 1. The van der Waals surface area contributed by atoms with Gasteiger partial charge >= 0.3 is 5.97 Å². The number of Topliss-reactive ketones (excluding diaryl/α,β-unsaturated/α-hetero) is 1. The molecular weight excluding hydrogens is 408 g/mol. The quantitative estimate of drug-likeness (QED) is 0.456. The maximum atomic E-state index is 14.3. The van der Waals surface area contributed by atoms with Crippen LogP contribution < -0.4 is 4.74 Å². The molecule has 168 valence electrons. The zero-order valence-corrected chi connectivity index (χ0v) is 18.2. The van der Waals surface area contributed by atoms with Crippen LogP contribution in [0.5, 0.6) is 11.5 Å². The molecule has 0 saturated carbocycles. The monoisotopic (exact) mass is 435 g/mol. The minimum absolute atomic E-state index is 0.0994. The lowest BCUT2D eigenvalue weighted by atomic mass is 9.84. The normalized spacial score (nSPS) is 14.1. The summed E-state index contributed by atoms with van der Waals surface area (Å²) in [5.74, 6) is -4.30. The maximum Gasteiger partial charge on any atom is 0.309 e. The van der Waals surface area contributed by atoms with Crippen molar-refractivity contribution in [2.75, 3.05) is 7.11 Å². The van der Waals surface area contributed by atoms with E-state index in [1.165, 1.54) is 32.4 Å². The topological polar surface area (TPSA) is 85.7 Å². The summed E-state index contributed by atoms with van der Waals surface area (Å²) in [7, 11) is 1.35. The van der Waals surface area contributed by atoms with E-state index in [0.717, 1.165) is 12.1 Å². The molecule has 1 aromatic carbocycles. The SMILES string of the molecule is COc1ccnc(C(=O)C[C@@H](C)C(=O)O[C@@H](C)[C@@H](c2ccc(F)cc2F)C(C)C)c1O. The molecule has 3 atom stereocenters. The molecule has 1 heterocycles. The Labute approximate surface area is 180 Å². The Morgan fingerprint density at radius 2 is 1.81 bits per heavy atom. The van der Waals surface area contributed by atoms with Crippen molar-refractivity contribution in [3.8, 4) is 11.5 Å². The third-order valence-corrected chi connectivity index (χ3v) is 5.11. The maximum absolute atomic E-state index is 14.3. The fourth-order valence-electron chi connectivity index (χ4n) is 3.56. The predicted octanol–water partition coefficient (Wildman–Crippen LogP) is 4.65. The number of hydrogen-bond donors (Lipinski definition) is 1. The Bertz CT molecular complexity index is 948. The number of nitrogens with zero attached hydrogens (tertiary/aromatic N) is 1. The van der Waals surface area contributed by atoms with Gasteiger partial charge in [-0.3, -0.25) is 9.59 Å². The highest BCUT2D eigenvalue weighted by Gasteiger charge is 2.31. The number of aromatic nitrogens is 1. The van der Waals surface area contributed by atoms with Gasteiger partial charge in [0.25, 0.3) is 0 Å². The van der Waals surface area contributed by atoms with Gasteiger partial charge in [-0.25, -0.2) is 13.8 Å². The van der Waals surface area contributed by atoms with Gasteiger partial charge in [-0.1, -0.05) is 26.8 Å². The molecule has 0 radical (unpaired) electrons. The molecule has 31 heavy (non-hydrogen) atoms. The van der Waals surface area contributed by atoms with E-state index >= 15 is 0 Å². The summed E-state index contributed by atoms with van der Waals surface area (Å²) in [6.07, 6.45) is 0.367. The molecule has 0 spiro atoms. The largest absolute Gasteiger partial charge is 0.503 e. The van der Waals surface area contributed by atoms with E-state index in [1.54, 1.807) is 6.92 Å². The fourth-order valence-corrected chi connectivity index (χ4v) is 3.56. The number of aromatic hydroxyl groups is 1. The molecule has 8 heteroatoms. The van der Waals surface area contributed by atoms with Gasteiger partial charge in [-0.2, -0.15) is 0 Å². The van der Waals surface area contributed by atoms with Crippen LogP contribution in [0.4, 0.5) is 8.78 Å². The number of ether oxygens (including phenoxy) is 2. The number of carbonyl (C=O) groups excluding carboxylic acids is 2. The molecular formula is C23H27F2NO5. The summed E-state index contributed by atoms with van der Waals surface area (Å²) >= 11 is 0. The average molecular weight is 435 g/mol. The van der Waals surface area contributed by atoms with Crippen molar-refractivity contribution in [3.63, 3.8) is 0 Å². The van der Waals surface area contributed by atoms with Crippen LogP contribution in [0, 0.1) is 23.5 Å². The van der Waals surface area contributed by atoms with Gasteiger partial charge in [0, 0.05) is 30.7 Å². The number of halogens is 2. The van der Waals surface area contributed by atoms with Gasteiger partial charge in [0.1, 0.15) is 17.7 Å². The standard InChI is InChI=1S/C23H27F2NO5/c1-12(2)20(16-7-6-15(24)11-17(16)25)14(4)31-23(29)13(3)10-18(27)21-22(28)19(30-5)8-9-26-21/h6-9,11-14,20,28H,10H2,1-5H3/t13-,14+,20+/m1/s1. The van der Waals surface area contributed by atoms with E-state index in [9.17, 15) is 23.5 Å². The lowest BCUT2D eigenvalue weighted by molar-refractivity contribution is -0.154. The highest BCUT2D eigenvalue weighted by molar-refractivity contribution is 5.99. The zero-order chi connectivity index (χ0) is 23.3. The van der Waals surface area contributed by atoms with Crippen molar-refractivity contribution >= 4 is 11.8 Å². The van der Waals surface area contributed by atoms with Crippen LogP contribution >= 0.6 is 0 Å². The third kappa shape index (κ3) is 5.77. The van der Waals surface area contributed by atoms with Crippen molar-refractivity contribution in [1.29, 1.82) is 0 Å². The van der Waals surface area contributed by atoms with Gasteiger partial charge in [0.05, 0.1) is 13.0 Å². The Kier molecular flexibility index (Phi) is 8.08. The molecule has 0 unspecified atom stereocenters. The van der Waals surface area contributed by atoms with Crippen LogP contribution in [0.15, 0.2) is 30.5 Å². The first-order chi connectivity index (χ1) is 14.6. The minimum atomic E-state index is -0.826. The third-order valence-electron chi connectivity index (χ3n) is 5.11. The molecule has 0 saturated heterocycles. The predicted molar refractivity (Wildman–Crippen MR) is 110 cm³/mol. The van der Waals surface area contributed by atoms with Gasteiger partial charge in [-0.15, -0.1) is 0 Å². The lowest BCUT2D eigenvalue weighted by Crippen LogP contribution is -2.30. The van der Waals surface area contributed by atoms with Crippen LogP contribution in [0.1, 0.15) is 56.1 Å². The van der Waals surface area contributed by atoms with Crippen molar-refractivity contribution < 1.29 is 33.0 Å². The summed E-state index contributed by atoms with van der Waals surface area (Å²) < 4.78 is 38.1. The van der Waals surface area contributed by atoms with E-state index < -0.39 is 47.1 Å². The van der Waals surface area contributed by atoms with Gasteiger partial charge < -0.3 is 14.6 Å². The molecule has 2 rings (SSSR count). The number of rotatable bonds is 9. The van der Waals surface area contributed by atoms with Crippen molar-refractivity contribution in [2.24, 2.45) is 11.8 Å². The second kappa shape index (κ2) is 10.3. The lowest BCUT2D eigenvalue weighted by Gasteiger charge is -2.29. The first-order valence-corrected chi connectivity index (χ1v) is 9.97. The number of hydrogen-bond acceptors (Lipinski definition) is 6. The van der Waals surface area contributed by atoms with Crippen molar-refractivity contribution in [1.82, 2.24) is 4.98 Å². The van der Waals surface area contributed by atoms with E-state index in [2.05, 4.69) is 4.98 Å². The van der Waals surface area contributed by atoms with Gasteiger partial charge in [0.2, 0.25) is 0 Å². The van der Waals surface area contributed by atoms with Crippen LogP contribution in [0.2, 0.25) is 0 Å². The van der Waals surface area contributed by atoms with E-state index in [-0.39, 0.29) is 29.3 Å². The van der Waals surface area contributed by atoms with E-state index in [1.807, 2.05) is 13.8 Å². The fraction of sp³-hybridized carbons (Fsp3) is 0.435. The Morgan fingerprint density at radius 3 is 2.39 bits per heavy atom. The minimum Gasteiger partial charge on any atom is -0.503 e. The van der Waals surface area contributed by atoms with Crippen LogP contribution in [0.25, 0.3) is 0 Å². The number of benzene rings is 1. The number of methoxy groups -OCH3 is 1. The number of carbonyl (C=O) groups is 2. The van der Waals surface area contributed by atoms with Crippen LogP contribution in [0.3, 0.4) is 0 Å². The van der Waals surface area contributed by atoms with E-state index in [0.29, 0.717) is 0 Å². The summed E-state index contributed by atoms with van der Waals surface area (Å²) in [5, 5.41) is 10.1. The Balaban J connectivity index is 2.11. The molecule has 0 aliphatic rings. The van der Waals surface area contributed by atoms with Gasteiger partial charge in [0.15, 0.2) is 23.0 Å². The molecule has 6 nitrogen and oxygen atoms in total. The van der Waals surface area contributed by atoms with Crippen molar-refractivity contribution in [2.45, 2.75) is 46.1 Å². The highest BCUT2D eigenvalue weighted by Crippen LogP contribution is 2.33. The van der Waals surface area contributed by atoms with Gasteiger partial charge in [-0.05, 0) is 24.5 Å². The zero-order valence-electron chi connectivity index (χ0n) is 18.2. The molecule has 0 amide bonds. The number of esters is 1. The molecule has 2 aromatic rings.